The highest BCUT2D eigenvalue weighted by molar-refractivity contribution is 7.89. The van der Waals surface area contributed by atoms with Crippen LogP contribution in [0.15, 0.2) is 53.4 Å². The van der Waals surface area contributed by atoms with Gasteiger partial charge < -0.3 is 5.32 Å². The number of carbonyl (C=O) groups is 1. The number of hydrogen-bond acceptors (Lipinski definition) is 3. The Morgan fingerprint density at radius 1 is 1.04 bits per heavy atom. The fourth-order valence-corrected chi connectivity index (χ4v) is 4.18. The Balaban J connectivity index is 1.89. The van der Waals surface area contributed by atoms with Crippen LogP contribution < -0.4 is 5.32 Å². The molecule has 2 aromatic rings. The third-order valence-corrected chi connectivity index (χ3v) is 6.41. The van der Waals surface area contributed by atoms with Gasteiger partial charge in [0.2, 0.25) is 15.9 Å². The van der Waals surface area contributed by atoms with Gasteiger partial charge in [-0.1, -0.05) is 44.2 Å². The molecule has 2 aromatic carbocycles. The van der Waals surface area contributed by atoms with Crippen LogP contribution >= 0.6 is 0 Å². The monoisotopic (exact) mass is 392 g/mol. The van der Waals surface area contributed by atoms with Crippen LogP contribution in [0, 0.1) is 5.82 Å². The van der Waals surface area contributed by atoms with Crippen LogP contribution in [0.5, 0.6) is 0 Å². The summed E-state index contributed by atoms with van der Waals surface area (Å²) in [6.45, 7) is 4.59. The average Bonchev–Trinajstić information content (AvgIpc) is 2.67. The summed E-state index contributed by atoms with van der Waals surface area (Å²) in [7, 11) is -3.47. The second-order valence-electron chi connectivity index (χ2n) is 6.10. The number of nitrogens with one attached hydrogen (secondary N) is 1. The fourth-order valence-electron chi connectivity index (χ4n) is 2.72. The van der Waals surface area contributed by atoms with E-state index in [1.807, 2.05) is 0 Å². The summed E-state index contributed by atoms with van der Waals surface area (Å²) in [5.41, 5.74) is 1.31. The van der Waals surface area contributed by atoms with Crippen LogP contribution in [0.3, 0.4) is 0 Å². The highest BCUT2D eigenvalue weighted by Gasteiger charge is 2.21. The molecule has 0 unspecified atom stereocenters. The molecule has 0 fully saturated rings. The minimum atomic E-state index is -3.47. The van der Waals surface area contributed by atoms with E-state index >= 15 is 0 Å². The quantitative estimate of drug-likeness (QED) is 0.713. The van der Waals surface area contributed by atoms with Gasteiger partial charge in [0.15, 0.2) is 0 Å². The van der Waals surface area contributed by atoms with Crippen molar-refractivity contribution in [1.29, 1.82) is 0 Å². The van der Waals surface area contributed by atoms with Crippen molar-refractivity contribution in [2.45, 2.75) is 38.1 Å². The molecule has 0 saturated heterocycles. The van der Waals surface area contributed by atoms with Gasteiger partial charge in [0, 0.05) is 31.6 Å². The van der Waals surface area contributed by atoms with E-state index in [1.165, 1.54) is 10.4 Å². The van der Waals surface area contributed by atoms with E-state index in [2.05, 4.69) is 5.32 Å². The van der Waals surface area contributed by atoms with Gasteiger partial charge in [-0.15, -0.1) is 0 Å². The number of benzene rings is 2. The summed E-state index contributed by atoms with van der Waals surface area (Å²) in [5.74, 6) is -0.527. The molecule has 0 heterocycles. The molecule has 7 heteroatoms. The first-order valence-corrected chi connectivity index (χ1v) is 10.4. The number of rotatable bonds is 9. The van der Waals surface area contributed by atoms with E-state index in [9.17, 15) is 17.6 Å². The van der Waals surface area contributed by atoms with E-state index in [1.54, 1.807) is 56.3 Å². The lowest BCUT2D eigenvalue weighted by molar-refractivity contribution is -0.121. The molecule has 146 valence electrons. The molecule has 0 atom stereocenters. The first kappa shape index (κ1) is 21.1. The molecule has 0 saturated carbocycles. The van der Waals surface area contributed by atoms with Gasteiger partial charge in [0.25, 0.3) is 0 Å². The van der Waals surface area contributed by atoms with Crippen LogP contribution in [0.25, 0.3) is 0 Å². The van der Waals surface area contributed by atoms with Crippen LogP contribution in [0.4, 0.5) is 4.39 Å². The van der Waals surface area contributed by atoms with Crippen LogP contribution in [0.1, 0.15) is 31.4 Å². The molecule has 0 aliphatic carbocycles. The fraction of sp³-hybridized carbons (Fsp3) is 0.350. The summed E-state index contributed by atoms with van der Waals surface area (Å²) < 4.78 is 39.8. The van der Waals surface area contributed by atoms with Crippen molar-refractivity contribution in [3.63, 3.8) is 0 Å². The minimum absolute atomic E-state index is 0.145. The van der Waals surface area contributed by atoms with Gasteiger partial charge in [-0.3, -0.25) is 4.79 Å². The summed E-state index contributed by atoms with van der Waals surface area (Å²) >= 11 is 0. The molecule has 0 radical (unpaired) electrons. The van der Waals surface area contributed by atoms with Crippen molar-refractivity contribution < 1.29 is 17.6 Å². The second kappa shape index (κ2) is 9.62. The number of carbonyl (C=O) groups excluding carboxylic acids is 1. The van der Waals surface area contributed by atoms with E-state index < -0.39 is 10.0 Å². The number of amides is 1. The topological polar surface area (TPSA) is 66.5 Å². The highest BCUT2D eigenvalue weighted by Crippen LogP contribution is 2.17. The van der Waals surface area contributed by atoms with E-state index in [-0.39, 0.29) is 29.6 Å². The van der Waals surface area contributed by atoms with Crippen molar-refractivity contribution in [3.05, 3.63) is 65.5 Å². The molecule has 5 nitrogen and oxygen atoms in total. The Kier molecular flexibility index (Phi) is 7.50. The van der Waals surface area contributed by atoms with Gasteiger partial charge in [0.1, 0.15) is 5.82 Å². The Bertz CT molecular complexity index is 863. The molecule has 0 aliphatic heterocycles. The van der Waals surface area contributed by atoms with E-state index in [0.29, 0.717) is 25.1 Å². The van der Waals surface area contributed by atoms with Crippen molar-refractivity contribution >= 4 is 15.9 Å². The molecular weight excluding hydrogens is 367 g/mol. The van der Waals surface area contributed by atoms with E-state index in [0.717, 1.165) is 5.56 Å². The summed E-state index contributed by atoms with van der Waals surface area (Å²) in [6, 6.07) is 12.9. The van der Waals surface area contributed by atoms with Crippen molar-refractivity contribution in [2.75, 3.05) is 13.1 Å². The van der Waals surface area contributed by atoms with Crippen molar-refractivity contribution in [1.82, 2.24) is 9.62 Å². The predicted molar refractivity (Wildman–Crippen MR) is 103 cm³/mol. The van der Waals surface area contributed by atoms with E-state index in [4.69, 9.17) is 0 Å². The third-order valence-electron chi connectivity index (χ3n) is 4.34. The normalized spacial score (nSPS) is 11.6. The lowest BCUT2D eigenvalue weighted by atomic mass is 10.1. The summed E-state index contributed by atoms with van der Waals surface area (Å²) in [5, 5.41) is 2.69. The zero-order valence-corrected chi connectivity index (χ0v) is 16.4. The maximum absolute atomic E-state index is 13.5. The summed E-state index contributed by atoms with van der Waals surface area (Å²) in [4.78, 5) is 12.2. The van der Waals surface area contributed by atoms with Crippen molar-refractivity contribution in [3.8, 4) is 0 Å². The predicted octanol–water partition coefficient (Wildman–Crippen LogP) is 3.11. The SMILES string of the molecule is CCN(CC)S(=O)(=O)c1ccc(CCC(=O)NCc2ccccc2F)cc1. The molecule has 0 bridgehead atoms. The Morgan fingerprint density at radius 3 is 2.26 bits per heavy atom. The number of hydrogen-bond donors (Lipinski definition) is 1. The molecule has 1 N–H and O–H groups in total. The standard InChI is InChI=1S/C20H25FN2O3S/c1-3-23(4-2)27(25,26)18-12-9-16(10-13-18)11-14-20(24)22-15-17-7-5-6-8-19(17)21/h5-10,12-13H,3-4,11,14-15H2,1-2H3,(H,22,24). The average molecular weight is 392 g/mol. The molecule has 1 amide bonds. The third kappa shape index (κ3) is 5.61. The first-order chi connectivity index (χ1) is 12.9. The number of nitrogens with zero attached hydrogens (tertiary/aromatic N) is 1. The van der Waals surface area contributed by atoms with Gasteiger partial charge in [0.05, 0.1) is 4.90 Å². The van der Waals surface area contributed by atoms with Crippen LogP contribution in [-0.2, 0) is 27.8 Å². The van der Waals surface area contributed by atoms with Gasteiger partial charge in [-0.05, 0) is 30.2 Å². The second-order valence-corrected chi connectivity index (χ2v) is 8.04. The van der Waals surface area contributed by atoms with Crippen LogP contribution in [0.2, 0.25) is 0 Å². The Labute approximate surface area is 160 Å². The maximum atomic E-state index is 13.5. The molecule has 0 spiro atoms. The van der Waals surface area contributed by atoms with Crippen LogP contribution in [-0.4, -0.2) is 31.7 Å². The number of aryl methyl sites for hydroxylation is 1. The molecule has 27 heavy (non-hydrogen) atoms. The first-order valence-electron chi connectivity index (χ1n) is 8.97. The molecule has 0 aliphatic rings. The minimum Gasteiger partial charge on any atom is -0.352 e. The maximum Gasteiger partial charge on any atom is 0.243 e. The molecule has 2 rings (SSSR count). The smallest absolute Gasteiger partial charge is 0.243 e. The lowest BCUT2D eigenvalue weighted by Gasteiger charge is -2.18. The molecular formula is C20H25FN2O3S. The number of halogens is 1. The zero-order valence-electron chi connectivity index (χ0n) is 15.6. The highest BCUT2D eigenvalue weighted by atomic mass is 32.2. The van der Waals surface area contributed by atoms with Gasteiger partial charge in [-0.2, -0.15) is 4.31 Å². The Hall–Kier alpha value is -2.25. The number of sulfonamides is 1. The van der Waals surface area contributed by atoms with Crippen molar-refractivity contribution in [2.24, 2.45) is 0 Å². The largest absolute Gasteiger partial charge is 0.352 e. The van der Waals surface area contributed by atoms with Gasteiger partial charge in [-0.25, -0.2) is 12.8 Å². The molecule has 0 aromatic heterocycles. The zero-order chi connectivity index (χ0) is 19.9. The van der Waals surface area contributed by atoms with Gasteiger partial charge >= 0.3 is 0 Å². The summed E-state index contributed by atoms with van der Waals surface area (Å²) in [6.07, 6.45) is 0.727. The Morgan fingerprint density at radius 2 is 1.67 bits per heavy atom. The lowest BCUT2D eigenvalue weighted by Crippen LogP contribution is -2.30.